The summed E-state index contributed by atoms with van der Waals surface area (Å²) < 4.78 is 6.04. The number of nitrogens with zero attached hydrogens (tertiary/aromatic N) is 3. The Balaban J connectivity index is 1.62. The van der Waals surface area contributed by atoms with Crippen LogP contribution in [0.25, 0.3) is 10.9 Å². The minimum Gasteiger partial charge on any atom is -0.437 e. The smallest absolute Gasteiger partial charge is 0.276 e. The molecule has 0 aliphatic carbocycles. The summed E-state index contributed by atoms with van der Waals surface area (Å²) in [6.07, 6.45) is 4.22. The monoisotopic (exact) mass is 426 g/mol. The Hall–Kier alpha value is -3.10. The predicted octanol–water partition coefficient (Wildman–Crippen LogP) is 3.57. The van der Waals surface area contributed by atoms with Gasteiger partial charge in [0.1, 0.15) is 5.69 Å². The Morgan fingerprint density at radius 1 is 1.33 bits per heavy atom. The molecule has 1 aliphatic heterocycles. The van der Waals surface area contributed by atoms with Crippen molar-refractivity contribution in [1.82, 2.24) is 19.8 Å². The number of pyridine rings is 1. The van der Waals surface area contributed by atoms with E-state index in [9.17, 15) is 4.79 Å². The number of benzene rings is 1. The van der Waals surface area contributed by atoms with Gasteiger partial charge in [0.25, 0.3) is 5.91 Å². The van der Waals surface area contributed by atoms with Crippen molar-refractivity contribution in [2.24, 2.45) is 5.73 Å². The van der Waals surface area contributed by atoms with Crippen molar-refractivity contribution in [3.8, 4) is 11.6 Å². The average molecular weight is 427 g/mol. The van der Waals surface area contributed by atoms with Crippen LogP contribution in [0.5, 0.6) is 11.6 Å². The van der Waals surface area contributed by atoms with Crippen molar-refractivity contribution in [3.05, 3.63) is 52.8 Å². The van der Waals surface area contributed by atoms with Crippen LogP contribution in [0, 0.1) is 5.41 Å². The zero-order valence-electron chi connectivity index (χ0n) is 16.6. The molecule has 0 radical (unpaired) electrons. The number of rotatable bonds is 5. The Kier molecular flexibility index (Phi) is 5.61. The molecule has 0 bridgehead atoms. The number of carbonyl (C=O) groups excluding carboxylic acids is 1. The van der Waals surface area contributed by atoms with Crippen molar-refractivity contribution in [2.45, 2.75) is 19.4 Å². The SMILES string of the molecule is CN(C(=N)N)C(=O)c1cc2c(Cl)ccc(Oc3cc(CN4CCCC4)ccn3)c2[nH]1. The van der Waals surface area contributed by atoms with Gasteiger partial charge < -0.3 is 15.5 Å². The number of H-pyrrole nitrogens is 1. The van der Waals surface area contributed by atoms with Crippen LogP contribution in [0.1, 0.15) is 28.9 Å². The maximum Gasteiger partial charge on any atom is 0.276 e. The first kappa shape index (κ1) is 20.2. The van der Waals surface area contributed by atoms with Crippen LogP contribution in [0.15, 0.2) is 36.5 Å². The third-order valence-electron chi connectivity index (χ3n) is 5.22. The van der Waals surface area contributed by atoms with E-state index in [-0.39, 0.29) is 11.7 Å². The Labute approximate surface area is 179 Å². The number of amides is 1. The van der Waals surface area contributed by atoms with Crippen LogP contribution in [-0.2, 0) is 6.54 Å². The number of hydrogen-bond donors (Lipinski definition) is 3. The van der Waals surface area contributed by atoms with Gasteiger partial charge in [0.2, 0.25) is 5.88 Å². The van der Waals surface area contributed by atoms with Gasteiger partial charge in [-0.05, 0) is 55.8 Å². The number of carbonyl (C=O) groups is 1. The summed E-state index contributed by atoms with van der Waals surface area (Å²) in [7, 11) is 1.44. The molecule has 156 valence electrons. The molecular formula is C21H23ClN6O2. The third-order valence-corrected chi connectivity index (χ3v) is 5.55. The quantitative estimate of drug-likeness (QED) is 0.426. The highest BCUT2D eigenvalue weighted by atomic mass is 35.5. The van der Waals surface area contributed by atoms with E-state index in [1.165, 1.54) is 19.9 Å². The van der Waals surface area contributed by atoms with Crippen LogP contribution in [0.4, 0.5) is 0 Å². The zero-order chi connectivity index (χ0) is 21.3. The molecule has 4 rings (SSSR count). The lowest BCUT2D eigenvalue weighted by atomic mass is 10.2. The summed E-state index contributed by atoms with van der Waals surface area (Å²) in [6.45, 7) is 3.10. The first-order valence-corrected chi connectivity index (χ1v) is 10.1. The first-order valence-electron chi connectivity index (χ1n) is 9.71. The van der Waals surface area contributed by atoms with Crippen LogP contribution in [-0.4, -0.2) is 51.8 Å². The van der Waals surface area contributed by atoms with Gasteiger partial charge in [0.15, 0.2) is 11.7 Å². The van der Waals surface area contributed by atoms with E-state index in [1.54, 1.807) is 24.4 Å². The molecule has 1 fully saturated rings. The van der Waals surface area contributed by atoms with Crippen molar-refractivity contribution < 1.29 is 9.53 Å². The molecule has 0 spiro atoms. The number of ether oxygens (including phenoxy) is 1. The number of aromatic amines is 1. The summed E-state index contributed by atoms with van der Waals surface area (Å²) in [5.41, 5.74) is 7.39. The molecule has 8 nitrogen and oxygen atoms in total. The number of halogens is 1. The lowest BCUT2D eigenvalue weighted by Gasteiger charge is -2.15. The summed E-state index contributed by atoms with van der Waals surface area (Å²) in [6, 6.07) is 9.00. The molecule has 9 heteroatoms. The molecule has 1 aromatic carbocycles. The van der Waals surface area contributed by atoms with E-state index in [2.05, 4.69) is 14.9 Å². The molecule has 3 heterocycles. The van der Waals surface area contributed by atoms with E-state index < -0.39 is 5.91 Å². The topological polar surface area (TPSA) is 111 Å². The Morgan fingerprint density at radius 2 is 2.10 bits per heavy atom. The molecule has 4 N–H and O–H groups in total. The number of nitrogens with one attached hydrogen (secondary N) is 2. The van der Waals surface area contributed by atoms with Crippen molar-refractivity contribution >= 4 is 34.4 Å². The van der Waals surface area contributed by atoms with E-state index in [4.69, 9.17) is 27.5 Å². The standard InChI is InChI=1S/C21H23ClN6O2/c1-27(21(23)24)20(29)16-11-14-15(22)4-5-17(19(14)26-16)30-18-10-13(6-7-25-18)12-28-8-2-3-9-28/h4-7,10-11,26H,2-3,8-9,12H2,1H3,(H3,23,24). The Bertz CT molecular complexity index is 1110. The first-order chi connectivity index (χ1) is 14.4. The summed E-state index contributed by atoms with van der Waals surface area (Å²) in [4.78, 5) is 23.3. The second kappa shape index (κ2) is 8.33. The maximum absolute atomic E-state index is 12.5. The molecule has 2 aromatic heterocycles. The Morgan fingerprint density at radius 3 is 2.83 bits per heavy atom. The van der Waals surface area contributed by atoms with Gasteiger partial charge in [-0.2, -0.15) is 0 Å². The van der Waals surface area contributed by atoms with Gasteiger partial charge in [0.05, 0.1) is 10.5 Å². The molecule has 1 saturated heterocycles. The van der Waals surface area contributed by atoms with E-state index in [0.717, 1.165) is 30.1 Å². The van der Waals surface area contributed by atoms with Crippen LogP contribution < -0.4 is 10.5 Å². The average Bonchev–Trinajstić information content (AvgIpc) is 3.40. The molecule has 3 aromatic rings. The van der Waals surface area contributed by atoms with Crippen molar-refractivity contribution in [3.63, 3.8) is 0 Å². The van der Waals surface area contributed by atoms with Gasteiger partial charge in [-0.25, -0.2) is 4.98 Å². The van der Waals surface area contributed by atoms with Crippen LogP contribution >= 0.6 is 11.6 Å². The number of fused-ring (bicyclic) bond motifs is 1. The molecular weight excluding hydrogens is 404 g/mol. The summed E-state index contributed by atoms with van der Waals surface area (Å²) >= 11 is 6.32. The van der Waals surface area contributed by atoms with Gasteiger partial charge in [-0.3, -0.25) is 20.0 Å². The molecule has 30 heavy (non-hydrogen) atoms. The normalized spacial score (nSPS) is 14.2. The number of hydrogen-bond acceptors (Lipinski definition) is 5. The predicted molar refractivity (Wildman–Crippen MR) is 116 cm³/mol. The fourth-order valence-corrected chi connectivity index (χ4v) is 3.78. The molecule has 0 unspecified atom stereocenters. The molecule has 1 aliphatic rings. The highest BCUT2D eigenvalue weighted by molar-refractivity contribution is 6.35. The number of aromatic nitrogens is 2. The highest BCUT2D eigenvalue weighted by Gasteiger charge is 2.19. The van der Waals surface area contributed by atoms with Crippen LogP contribution in [0.2, 0.25) is 5.02 Å². The largest absolute Gasteiger partial charge is 0.437 e. The van der Waals surface area contributed by atoms with Crippen molar-refractivity contribution in [2.75, 3.05) is 20.1 Å². The second-order valence-electron chi connectivity index (χ2n) is 7.35. The summed E-state index contributed by atoms with van der Waals surface area (Å²) in [5, 5.41) is 8.58. The van der Waals surface area contributed by atoms with E-state index >= 15 is 0 Å². The molecule has 0 atom stereocenters. The van der Waals surface area contributed by atoms with Gasteiger partial charge in [-0.15, -0.1) is 0 Å². The lowest BCUT2D eigenvalue weighted by molar-refractivity contribution is 0.0864. The van der Waals surface area contributed by atoms with Gasteiger partial charge in [-0.1, -0.05) is 11.6 Å². The van der Waals surface area contributed by atoms with Crippen LogP contribution in [0.3, 0.4) is 0 Å². The minimum absolute atomic E-state index is 0.261. The number of likely N-dealkylation sites (tertiary alicyclic amines) is 1. The molecule has 1 amide bonds. The fraction of sp³-hybridized carbons (Fsp3) is 0.286. The minimum atomic E-state index is -0.438. The maximum atomic E-state index is 12.5. The molecule has 0 saturated carbocycles. The zero-order valence-corrected chi connectivity index (χ0v) is 17.4. The fourth-order valence-electron chi connectivity index (χ4n) is 3.57. The van der Waals surface area contributed by atoms with E-state index in [1.807, 2.05) is 12.1 Å². The van der Waals surface area contributed by atoms with Gasteiger partial charge >= 0.3 is 0 Å². The third kappa shape index (κ3) is 4.10. The lowest BCUT2D eigenvalue weighted by Crippen LogP contribution is -2.38. The highest BCUT2D eigenvalue weighted by Crippen LogP contribution is 2.34. The van der Waals surface area contributed by atoms with E-state index in [0.29, 0.717) is 27.6 Å². The second-order valence-corrected chi connectivity index (χ2v) is 7.76. The van der Waals surface area contributed by atoms with Gasteiger partial charge in [0, 0.05) is 31.2 Å². The number of guanidine groups is 1. The summed E-state index contributed by atoms with van der Waals surface area (Å²) in [5.74, 6) is 0.190. The van der Waals surface area contributed by atoms with Crippen molar-refractivity contribution in [1.29, 1.82) is 5.41 Å². The number of nitrogens with two attached hydrogens (primary N) is 1.